The van der Waals surface area contributed by atoms with E-state index >= 15 is 0 Å². The summed E-state index contributed by atoms with van der Waals surface area (Å²) in [5.41, 5.74) is 0. The molecule has 3 fully saturated rings. The van der Waals surface area contributed by atoms with Gasteiger partial charge in [-0.05, 0) is 33.4 Å². The van der Waals surface area contributed by atoms with E-state index < -0.39 is 0 Å². The average Bonchev–Trinajstić information content (AvgIpc) is 3.25. The third kappa shape index (κ3) is 5.94. The number of rotatable bonds is 4. The number of guanidine groups is 1. The van der Waals surface area contributed by atoms with Crippen molar-refractivity contribution < 1.29 is 0 Å². The van der Waals surface area contributed by atoms with Crippen molar-refractivity contribution in [1.29, 1.82) is 0 Å². The summed E-state index contributed by atoms with van der Waals surface area (Å²) in [6.45, 7) is 6.82. The first-order valence-electron chi connectivity index (χ1n) is 9.75. The van der Waals surface area contributed by atoms with Gasteiger partial charge in [-0.3, -0.25) is 14.8 Å². The Balaban J connectivity index is 0.00000225. The van der Waals surface area contributed by atoms with E-state index in [9.17, 15) is 0 Å². The fourth-order valence-electron chi connectivity index (χ4n) is 4.43. The van der Waals surface area contributed by atoms with Crippen molar-refractivity contribution >= 4 is 29.9 Å². The van der Waals surface area contributed by atoms with E-state index in [4.69, 9.17) is 0 Å². The Hall–Kier alpha value is -0.120. The molecule has 146 valence electrons. The van der Waals surface area contributed by atoms with Gasteiger partial charge in [0.1, 0.15) is 0 Å². The van der Waals surface area contributed by atoms with Gasteiger partial charge in [0.25, 0.3) is 0 Å². The summed E-state index contributed by atoms with van der Waals surface area (Å²) in [6.07, 6.45) is 6.89. The van der Waals surface area contributed by atoms with Crippen LogP contribution in [0.1, 0.15) is 32.1 Å². The highest BCUT2D eigenvalue weighted by atomic mass is 127. The van der Waals surface area contributed by atoms with Crippen LogP contribution in [0.2, 0.25) is 0 Å². The minimum Gasteiger partial charge on any atom is -0.355 e. The highest BCUT2D eigenvalue weighted by Crippen LogP contribution is 2.26. The van der Waals surface area contributed by atoms with Crippen LogP contribution in [0.5, 0.6) is 0 Å². The van der Waals surface area contributed by atoms with Crippen LogP contribution >= 0.6 is 24.0 Å². The van der Waals surface area contributed by atoms with Gasteiger partial charge in [-0.2, -0.15) is 0 Å². The van der Waals surface area contributed by atoms with E-state index in [0.29, 0.717) is 12.1 Å². The Labute approximate surface area is 170 Å². The molecule has 6 nitrogen and oxygen atoms in total. The molecule has 3 rings (SSSR count). The quantitative estimate of drug-likeness (QED) is 0.370. The Bertz CT molecular complexity index is 426. The first-order chi connectivity index (χ1) is 11.7. The lowest BCUT2D eigenvalue weighted by atomic mass is 10.2. The molecule has 2 saturated heterocycles. The molecule has 0 aromatic carbocycles. The maximum atomic E-state index is 4.45. The predicted molar refractivity (Wildman–Crippen MR) is 116 cm³/mol. The average molecular weight is 464 g/mol. The number of likely N-dealkylation sites (N-methyl/N-ethyl adjacent to an activating group) is 2. The minimum absolute atomic E-state index is 0. The fourth-order valence-corrected chi connectivity index (χ4v) is 4.43. The second-order valence-electron chi connectivity index (χ2n) is 7.91. The van der Waals surface area contributed by atoms with Gasteiger partial charge in [0.05, 0.1) is 0 Å². The van der Waals surface area contributed by atoms with Crippen LogP contribution in [-0.4, -0.2) is 99.2 Å². The van der Waals surface area contributed by atoms with Crippen LogP contribution in [0.4, 0.5) is 0 Å². The summed E-state index contributed by atoms with van der Waals surface area (Å²) in [5, 5.41) is 7.20. The number of likely N-dealkylation sites (tertiary alicyclic amines) is 1. The summed E-state index contributed by atoms with van der Waals surface area (Å²) in [6, 6.07) is 1.95. The number of aliphatic imine (C=N–C) groups is 1. The van der Waals surface area contributed by atoms with Crippen LogP contribution in [0, 0.1) is 0 Å². The third-order valence-corrected chi connectivity index (χ3v) is 6.11. The SMILES string of the molecule is CN=C(NCC1CN(C)CCN1C)NC1CCN(C2CCCC2)C1.I. The fraction of sp³-hybridized carbons (Fsp3) is 0.944. The molecule has 7 heteroatoms. The first kappa shape index (κ1) is 21.2. The molecule has 2 unspecified atom stereocenters. The van der Waals surface area contributed by atoms with Crippen molar-refractivity contribution in [1.82, 2.24) is 25.3 Å². The maximum Gasteiger partial charge on any atom is 0.191 e. The minimum atomic E-state index is 0. The van der Waals surface area contributed by atoms with Crippen LogP contribution in [-0.2, 0) is 0 Å². The van der Waals surface area contributed by atoms with E-state index in [-0.39, 0.29) is 24.0 Å². The lowest BCUT2D eigenvalue weighted by Gasteiger charge is -2.38. The van der Waals surface area contributed by atoms with E-state index in [2.05, 4.69) is 44.4 Å². The second-order valence-corrected chi connectivity index (χ2v) is 7.91. The van der Waals surface area contributed by atoms with Gasteiger partial charge in [0, 0.05) is 64.4 Å². The van der Waals surface area contributed by atoms with Crippen LogP contribution in [0.25, 0.3) is 0 Å². The molecule has 0 bridgehead atoms. The topological polar surface area (TPSA) is 46.1 Å². The van der Waals surface area contributed by atoms with E-state index in [1.54, 1.807) is 0 Å². The number of halogens is 1. The normalized spacial score (nSPS) is 30.4. The van der Waals surface area contributed by atoms with Crippen molar-refractivity contribution in [2.45, 2.75) is 50.2 Å². The standard InChI is InChI=1S/C18H36N6.HI/c1-19-18(20-12-17-14-22(2)10-11-23(17)3)21-15-8-9-24(13-15)16-6-4-5-7-16;/h15-17H,4-14H2,1-3H3,(H2,19,20,21);1H. The van der Waals surface area contributed by atoms with E-state index in [1.165, 1.54) is 51.7 Å². The number of hydrogen-bond acceptors (Lipinski definition) is 4. The maximum absolute atomic E-state index is 4.45. The largest absolute Gasteiger partial charge is 0.355 e. The van der Waals surface area contributed by atoms with E-state index in [0.717, 1.165) is 31.6 Å². The Morgan fingerprint density at radius 3 is 2.52 bits per heavy atom. The second kappa shape index (κ2) is 10.3. The zero-order valence-electron chi connectivity index (χ0n) is 16.2. The molecule has 0 aromatic heterocycles. The van der Waals surface area contributed by atoms with Crippen LogP contribution in [0.3, 0.4) is 0 Å². The van der Waals surface area contributed by atoms with Crippen molar-refractivity contribution in [3.05, 3.63) is 0 Å². The molecule has 25 heavy (non-hydrogen) atoms. The molecule has 0 amide bonds. The third-order valence-electron chi connectivity index (χ3n) is 6.11. The molecule has 2 N–H and O–H groups in total. The Morgan fingerprint density at radius 1 is 1.04 bits per heavy atom. The summed E-state index contributed by atoms with van der Waals surface area (Å²) >= 11 is 0. The molecular weight excluding hydrogens is 427 g/mol. The molecule has 0 radical (unpaired) electrons. The number of nitrogens with zero attached hydrogens (tertiary/aromatic N) is 4. The Kier molecular flexibility index (Phi) is 8.71. The van der Waals surface area contributed by atoms with Crippen molar-refractivity contribution in [3.8, 4) is 0 Å². The van der Waals surface area contributed by atoms with E-state index in [1.807, 2.05) is 7.05 Å². The zero-order chi connectivity index (χ0) is 16.9. The van der Waals surface area contributed by atoms with Gasteiger partial charge in [0.2, 0.25) is 0 Å². The molecule has 2 aliphatic heterocycles. The van der Waals surface area contributed by atoms with Crippen molar-refractivity contribution in [2.75, 3.05) is 60.4 Å². The van der Waals surface area contributed by atoms with Gasteiger partial charge < -0.3 is 15.5 Å². The highest BCUT2D eigenvalue weighted by molar-refractivity contribution is 14.0. The molecule has 0 spiro atoms. The molecule has 0 aromatic rings. The zero-order valence-corrected chi connectivity index (χ0v) is 18.5. The predicted octanol–water partition coefficient (Wildman–Crippen LogP) is 1.03. The molecule has 2 atom stereocenters. The highest BCUT2D eigenvalue weighted by Gasteiger charge is 2.30. The molecular formula is C18H37IN6. The summed E-state index contributed by atoms with van der Waals surface area (Å²) < 4.78 is 0. The molecule has 3 aliphatic rings. The smallest absolute Gasteiger partial charge is 0.191 e. The van der Waals surface area contributed by atoms with Crippen molar-refractivity contribution in [2.24, 2.45) is 4.99 Å². The number of hydrogen-bond donors (Lipinski definition) is 2. The van der Waals surface area contributed by atoms with Crippen LogP contribution < -0.4 is 10.6 Å². The van der Waals surface area contributed by atoms with Gasteiger partial charge >= 0.3 is 0 Å². The molecule has 2 heterocycles. The van der Waals surface area contributed by atoms with Gasteiger partial charge in [-0.15, -0.1) is 24.0 Å². The van der Waals surface area contributed by atoms with Crippen molar-refractivity contribution in [3.63, 3.8) is 0 Å². The van der Waals surface area contributed by atoms with Gasteiger partial charge in [0.15, 0.2) is 5.96 Å². The van der Waals surface area contributed by atoms with Gasteiger partial charge in [-0.1, -0.05) is 12.8 Å². The monoisotopic (exact) mass is 464 g/mol. The summed E-state index contributed by atoms with van der Waals surface area (Å²) in [7, 11) is 6.32. The molecule has 1 saturated carbocycles. The first-order valence-corrected chi connectivity index (χ1v) is 9.75. The summed E-state index contributed by atoms with van der Waals surface area (Å²) in [4.78, 5) is 12.0. The number of piperazine rings is 1. The molecule has 1 aliphatic carbocycles. The lowest BCUT2D eigenvalue weighted by Crippen LogP contribution is -2.56. The lowest BCUT2D eigenvalue weighted by molar-refractivity contribution is 0.116. The summed E-state index contributed by atoms with van der Waals surface area (Å²) in [5.74, 6) is 0.967. The van der Waals surface area contributed by atoms with Gasteiger partial charge in [-0.25, -0.2) is 0 Å². The van der Waals surface area contributed by atoms with Crippen LogP contribution in [0.15, 0.2) is 4.99 Å². The Morgan fingerprint density at radius 2 is 1.80 bits per heavy atom. The number of nitrogens with one attached hydrogen (secondary N) is 2.